The summed E-state index contributed by atoms with van der Waals surface area (Å²) in [7, 11) is 0. The highest BCUT2D eigenvalue weighted by Crippen LogP contribution is 2.38. The third kappa shape index (κ3) is 14.8. The normalized spacial score (nSPS) is 14.8. The van der Waals surface area contributed by atoms with Crippen LogP contribution in [0.15, 0.2) is 198 Å². The molecule has 10 heterocycles. The van der Waals surface area contributed by atoms with Gasteiger partial charge in [-0.3, -0.25) is 43.4 Å². The molecule has 3 aliphatic heterocycles. The van der Waals surface area contributed by atoms with Crippen molar-refractivity contribution >= 4 is 108 Å². The number of anilines is 3. The molecule has 15 rings (SSSR count). The Hall–Kier alpha value is -11.4. The number of piperazine rings is 3. The summed E-state index contributed by atoms with van der Waals surface area (Å²) in [5.74, 6) is -1.12. The van der Waals surface area contributed by atoms with Crippen molar-refractivity contribution in [3.63, 3.8) is 0 Å². The second kappa shape index (κ2) is 32.3. The first-order valence-corrected chi connectivity index (χ1v) is 36.7. The van der Waals surface area contributed by atoms with E-state index in [4.69, 9.17) is 18.3 Å². The second-order valence-electron chi connectivity index (χ2n) is 25.5. The molecule has 3 amide bonds. The first-order chi connectivity index (χ1) is 50.7. The number of carbonyl (C=O) groups excluding carboxylic acids is 5. The van der Waals surface area contributed by atoms with Crippen LogP contribution in [0.1, 0.15) is 107 Å². The van der Waals surface area contributed by atoms with Crippen LogP contribution < -0.4 is 31.4 Å². The van der Waals surface area contributed by atoms with E-state index in [1.807, 2.05) is 133 Å². The number of nitrogens with zero attached hydrogens (tertiary/aromatic N) is 10. The van der Waals surface area contributed by atoms with E-state index in [-0.39, 0.29) is 77.2 Å². The zero-order chi connectivity index (χ0) is 72.4. The highest BCUT2D eigenvalue weighted by molar-refractivity contribution is 7.12. The zero-order valence-electron chi connectivity index (χ0n) is 57.7. The highest BCUT2D eigenvalue weighted by atomic mass is 32.1. The minimum atomic E-state index is -0.677. The maximum absolute atomic E-state index is 13.9. The van der Waals surface area contributed by atoms with Gasteiger partial charge in [0.25, 0.3) is 28.8 Å². The van der Waals surface area contributed by atoms with Crippen molar-refractivity contribution in [1.82, 2.24) is 28.4 Å². The van der Waals surface area contributed by atoms with Gasteiger partial charge in [-0.15, -0.1) is 22.7 Å². The third-order valence-corrected chi connectivity index (χ3v) is 21.1. The second-order valence-corrected chi connectivity index (χ2v) is 27.4. The standard InChI is InChI=1S/C29H29N3O4S.C26H29N3O4S.C23H20N4O6/c1-2-36-29(35)25-26(30-16-18-31(19-17-30)27(33)24-13-8-20-37-24)22-11-6-7-12-23(22)32(28(25)34)15-14-21-9-4-3-5-10-21;1-2-33-26(32)22-23(27-13-15-28(16-14-27)24(30)21-12-7-17-34-21)19-10-5-6-11-20(19)29(25(22)31)18-8-3-4-9-18;28-22(19-6-3-12-33-19)25-10-8-24(9-11-25)20-17-4-1-2-5-18(17)26(14-16-7-13-32-15-16)23(29)21(20)27(30)31/h3-13,20H,2,14-19H2,1H3;5-7,10-12,17-18H,2-4,8-9,13-16H2,1H3;1-7,12-13,15H,8-11,14H2. The van der Waals surface area contributed by atoms with Gasteiger partial charge in [0.1, 0.15) is 16.8 Å². The number of hydrogen-bond donors (Lipinski definition) is 0. The van der Waals surface area contributed by atoms with Crippen LogP contribution in [0.2, 0.25) is 0 Å². The number of aryl methyl sites for hydroxylation is 2. The van der Waals surface area contributed by atoms with Gasteiger partial charge in [0, 0.05) is 113 Å². The average Bonchev–Trinajstić information content (AvgIpc) is 1.70. The van der Waals surface area contributed by atoms with E-state index in [1.165, 1.54) is 46.0 Å². The molecule has 0 radical (unpaired) electrons. The van der Waals surface area contributed by atoms with Gasteiger partial charge >= 0.3 is 23.2 Å². The number of rotatable bonds is 17. The number of esters is 2. The molecule has 26 heteroatoms. The van der Waals surface area contributed by atoms with Gasteiger partial charge in [-0.25, -0.2) is 9.59 Å². The van der Waals surface area contributed by atoms with Crippen molar-refractivity contribution in [2.75, 3.05) is 106 Å². The predicted molar refractivity (Wildman–Crippen MR) is 400 cm³/mol. The summed E-state index contributed by atoms with van der Waals surface area (Å²) in [6, 6.07) is 45.2. The van der Waals surface area contributed by atoms with Crippen molar-refractivity contribution in [3.05, 3.63) is 254 Å². The van der Waals surface area contributed by atoms with Gasteiger partial charge in [-0.05, 0) is 98.0 Å². The molecule has 24 nitrogen and oxygen atoms in total. The molecule has 4 fully saturated rings. The number of carbonyl (C=O) groups is 5. The molecule has 536 valence electrons. The number of hydrogen-bond acceptors (Lipinski definition) is 19. The fourth-order valence-electron chi connectivity index (χ4n) is 14.5. The maximum Gasteiger partial charge on any atom is 0.357 e. The molecule has 0 atom stereocenters. The van der Waals surface area contributed by atoms with Crippen LogP contribution in [-0.2, 0) is 29.0 Å². The summed E-state index contributed by atoms with van der Waals surface area (Å²) in [6.07, 6.45) is 9.16. The van der Waals surface area contributed by atoms with Gasteiger partial charge in [0.15, 0.2) is 5.76 Å². The molecule has 4 aromatic carbocycles. The first-order valence-electron chi connectivity index (χ1n) is 35.0. The first kappa shape index (κ1) is 71.0. The Labute approximate surface area is 605 Å². The molecule has 0 N–H and O–H groups in total. The minimum Gasteiger partial charge on any atom is -0.472 e. The zero-order valence-corrected chi connectivity index (χ0v) is 59.3. The van der Waals surface area contributed by atoms with Crippen molar-refractivity contribution in [1.29, 1.82) is 0 Å². The fraction of sp³-hybridized carbons (Fsp3) is 0.308. The smallest absolute Gasteiger partial charge is 0.357 e. The van der Waals surface area contributed by atoms with Gasteiger partial charge in [-0.1, -0.05) is 110 Å². The van der Waals surface area contributed by atoms with Crippen LogP contribution in [0.4, 0.5) is 22.7 Å². The largest absolute Gasteiger partial charge is 0.472 e. The number of benzene rings is 4. The van der Waals surface area contributed by atoms with Crippen molar-refractivity contribution < 1.29 is 47.2 Å². The molecule has 11 aromatic rings. The Morgan fingerprint density at radius 3 is 1.47 bits per heavy atom. The number of furan rings is 2. The van der Waals surface area contributed by atoms with Crippen molar-refractivity contribution in [2.45, 2.75) is 65.1 Å². The molecular weight excluding hydrogens is 1370 g/mol. The molecule has 3 saturated heterocycles. The lowest BCUT2D eigenvalue weighted by atomic mass is 10.0. The van der Waals surface area contributed by atoms with Crippen LogP contribution in [0.25, 0.3) is 32.7 Å². The number of para-hydroxylation sites is 3. The van der Waals surface area contributed by atoms with Crippen LogP contribution in [0.5, 0.6) is 0 Å². The Balaban J connectivity index is 0.000000139. The lowest BCUT2D eigenvalue weighted by molar-refractivity contribution is -0.385. The van der Waals surface area contributed by atoms with E-state index in [1.54, 1.807) is 65.8 Å². The molecule has 7 aromatic heterocycles. The minimum absolute atomic E-state index is 0.0152. The Kier molecular flexibility index (Phi) is 22.1. The summed E-state index contributed by atoms with van der Waals surface area (Å²) < 4.78 is 26.0. The van der Waals surface area contributed by atoms with Gasteiger partial charge in [0.05, 0.1) is 81.2 Å². The van der Waals surface area contributed by atoms with Crippen LogP contribution in [-0.4, -0.2) is 155 Å². The van der Waals surface area contributed by atoms with E-state index >= 15 is 0 Å². The Morgan fingerprint density at radius 1 is 0.500 bits per heavy atom. The van der Waals surface area contributed by atoms with Gasteiger partial charge in [-0.2, -0.15) is 0 Å². The topological polar surface area (TPSA) is 259 Å². The number of aromatic nitrogens is 3. The Morgan fingerprint density at radius 2 is 0.981 bits per heavy atom. The molecule has 1 aliphatic carbocycles. The van der Waals surface area contributed by atoms with E-state index in [9.17, 15) is 48.5 Å². The van der Waals surface area contributed by atoms with E-state index in [0.717, 1.165) is 63.5 Å². The quantitative estimate of drug-likeness (QED) is 0.0466. The SMILES string of the molecule is CCOC(=O)c1c(N2CCN(C(=O)c3cccs3)CC2)c2ccccc2n(C2CCCC2)c1=O.CCOC(=O)c1c(N2CCN(C(=O)c3cccs3)CC2)c2ccccc2n(CCc2ccccc2)c1=O.O=C(c1ccco1)N1CCN(c2c([N+](=O)[O-])c(=O)n(Cc3ccoc3)c3ccccc23)CC1. The maximum atomic E-state index is 13.9. The summed E-state index contributed by atoms with van der Waals surface area (Å²) in [4.78, 5) is 130. The van der Waals surface area contributed by atoms with Gasteiger partial charge < -0.3 is 56.8 Å². The molecule has 0 bridgehead atoms. The van der Waals surface area contributed by atoms with Crippen LogP contribution >= 0.6 is 22.7 Å². The number of pyridine rings is 3. The number of thiophene rings is 2. The molecule has 0 spiro atoms. The highest BCUT2D eigenvalue weighted by Gasteiger charge is 2.36. The summed E-state index contributed by atoms with van der Waals surface area (Å²) in [5, 5.41) is 18.2. The summed E-state index contributed by atoms with van der Waals surface area (Å²) >= 11 is 2.87. The number of amides is 3. The van der Waals surface area contributed by atoms with Crippen molar-refractivity contribution in [3.8, 4) is 0 Å². The van der Waals surface area contributed by atoms with Crippen LogP contribution in [0.3, 0.4) is 0 Å². The Bertz CT molecular complexity index is 5080. The molecule has 4 aliphatic rings. The van der Waals surface area contributed by atoms with E-state index in [2.05, 4.69) is 9.80 Å². The number of nitro groups is 1. The monoisotopic (exact) mass is 1440 g/mol. The molecular formula is C78H78N10O14S2. The molecule has 0 unspecified atom stereocenters. The summed E-state index contributed by atoms with van der Waals surface area (Å²) in [5.41, 5.74) is 4.02. The predicted octanol–water partition coefficient (Wildman–Crippen LogP) is 11.9. The number of fused-ring (bicyclic) bond motifs is 3. The summed E-state index contributed by atoms with van der Waals surface area (Å²) in [6.45, 7) is 10.0. The third-order valence-electron chi connectivity index (χ3n) is 19.4. The number of ether oxygens (including phenoxy) is 2. The van der Waals surface area contributed by atoms with Crippen molar-refractivity contribution in [2.24, 2.45) is 0 Å². The average molecular weight is 1440 g/mol. The lowest BCUT2D eigenvalue weighted by Gasteiger charge is -2.37. The van der Waals surface area contributed by atoms with E-state index < -0.39 is 28.1 Å². The lowest BCUT2D eigenvalue weighted by Crippen LogP contribution is -2.49. The molecule has 1 saturated carbocycles. The molecule has 104 heavy (non-hydrogen) atoms. The van der Waals surface area contributed by atoms with Gasteiger partial charge in [0.2, 0.25) is 0 Å². The van der Waals surface area contributed by atoms with Crippen LogP contribution in [0, 0.1) is 10.1 Å². The fourth-order valence-corrected chi connectivity index (χ4v) is 15.8. The van der Waals surface area contributed by atoms with E-state index in [0.29, 0.717) is 119 Å².